The van der Waals surface area contributed by atoms with Crippen molar-refractivity contribution in [3.05, 3.63) is 12.2 Å². The lowest BCUT2D eigenvalue weighted by Gasteiger charge is -2.13. The van der Waals surface area contributed by atoms with Crippen LogP contribution in [0.1, 0.15) is 6.42 Å². The third-order valence-electron chi connectivity index (χ3n) is 3.64. The highest BCUT2D eigenvalue weighted by Crippen LogP contribution is 2.60. The Bertz CT molecular complexity index is 269. The molecule has 0 aromatic heterocycles. The number of rotatable bonds is 1. The van der Waals surface area contributed by atoms with Crippen molar-refractivity contribution >= 4 is 5.78 Å². The van der Waals surface area contributed by atoms with Gasteiger partial charge in [-0.05, 0) is 12.3 Å². The minimum Gasteiger partial charge on any atom is -0.380 e. The van der Waals surface area contributed by atoms with Crippen LogP contribution in [0.25, 0.3) is 0 Å². The van der Waals surface area contributed by atoms with Crippen LogP contribution in [0.15, 0.2) is 12.2 Å². The fourth-order valence-electron chi connectivity index (χ4n) is 3.07. The van der Waals surface area contributed by atoms with Gasteiger partial charge in [0.25, 0.3) is 0 Å². The summed E-state index contributed by atoms with van der Waals surface area (Å²) in [5, 5.41) is 0. The normalized spacial score (nSPS) is 54.1. The van der Waals surface area contributed by atoms with Gasteiger partial charge in [-0.2, -0.15) is 0 Å². The summed E-state index contributed by atoms with van der Waals surface area (Å²) in [7, 11) is 1.72. The largest absolute Gasteiger partial charge is 0.380 e. The molecule has 2 heteroatoms. The molecule has 0 spiro atoms. The topological polar surface area (TPSA) is 26.3 Å². The van der Waals surface area contributed by atoms with Crippen molar-refractivity contribution < 1.29 is 9.53 Å². The Balaban J connectivity index is 1.89. The van der Waals surface area contributed by atoms with Crippen LogP contribution in [0.3, 0.4) is 0 Å². The quantitative estimate of drug-likeness (QED) is 0.541. The number of hydrogen-bond donors (Lipinski definition) is 0. The molecule has 3 aliphatic carbocycles. The molecule has 0 amide bonds. The molecule has 3 rings (SSSR count). The maximum absolute atomic E-state index is 11.7. The van der Waals surface area contributed by atoms with E-state index >= 15 is 0 Å². The highest BCUT2D eigenvalue weighted by molar-refractivity contribution is 5.92. The van der Waals surface area contributed by atoms with Gasteiger partial charge in [0.2, 0.25) is 0 Å². The molecule has 0 saturated heterocycles. The predicted molar refractivity (Wildman–Crippen MR) is 43.5 cm³/mol. The first-order chi connectivity index (χ1) is 5.84. The summed E-state index contributed by atoms with van der Waals surface area (Å²) >= 11 is 0. The zero-order valence-electron chi connectivity index (χ0n) is 7.07. The van der Waals surface area contributed by atoms with Crippen LogP contribution in [0.5, 0.6) is 0 Å². The average molecular weight is 164 g/mol. The zero-order valence-corrected chi connectivity index (χ0v) is 7.07. The van der Waals surface area contributed by atoms with E-state index in [1.807, 2.05) is 0 Å². The Labute approximate surface area is 71.6 Å². The van der Waals surface area contributed by atoms with E-state index in [2.05, 4.69) is 12.2 Å². The van der Waals surface area contributed by atoms with Crippen molar-refractivity contribution in [1.82, 2.24) is 0 Å². The number of ether oxygens (including phenoxy) is 1. The Morgan fingerprint density at radius 2 is 2.42 bits per heavy atom. The Morgan fingerprint density at radius 1 is 1.58 bits per heavy atom. The van der Waals surface area contributed by atoms with Crippen molar-refractivity contribution in [2.24, 2.45) is 23.7 Å². The summed E-state index contributed by atoms with van der Waals surface area (Å²) in [5.41, 5.74) is 0. The highest BCUT2D eigenvalue weighted by atomic mass is 16.5. The number of fused-ring (bicyclic) bond motifs is 3. The molecule has 0 radical (unpaired) electrons. The van der Waals surface area contributed by atoms with E-state index in [4.69, 9.17) is 4.74 Å². The molecule has 0 aromatic rings. The third kappa shape index (κ3) is 0.589. The molecule has 3 aliphatic rings. The fraction of sp³-hybridized carbons (Fsp3) is 0.700. The van der Waals surface area contributed by atoms with E-state index in [9.17, 15) is 4.79 Å². The average Bonchev–Trinajstić information content (AvgIpc) is 2.45. The molecule has 5 atom stereocenters. The molecule has 2 saturated carbocycles. The number of Topliss-reactive ketones (excluding diaryl/α,β-unsaturated/α-hetero) is 1. The van der Waals surface area contributed by atoms with E-state index in [0.29, 0.717) is 17.6 Å². The van der Waals surface area contributed by atoms with Gasteiger partial charge in [0.15, 0.2) is 0 Å². The van der Waals surface area contributed by atoms with Gasteiger partial charge in [-0.25, -0.2) is 0 Å². The van der Waals surface area contributed by atoms with Crippen LogP contribution in [0.4, 0.5) is 0 Å². The van der Waals surface area contributed by atoms with Crippen LogP contribution in [0.2, 0.25) is 0 Å². The Morgan fingerprint density at radius 3 is 3.17 bits per heavy atom. The molecule has 12 heavy (non-hydrogen) atoms. The minimum atomic E-state index is 0.256. The summed E-state index contributed by atoms with van der Waals surface area (Å²) in [6.45, 7) is 0. The molecule has 0 aromatic carbocycles. The van der Waals surface area contributed by atoms with Crippen molar-refractivity contribution in [2.75, 3.05) is 7.11 Å². The second-order valence-corrected chi connectivity index (χ2v) is 4.06. The number of carbonyl (C=O) groups is 1. The van der Waals surface area contributed by atoms with Gasteiger partial charge >= 0.3 is 0 Å². The molecule has 0 aliphatic heterocycles. The number of allylic oxidation sites excluding steroid dienone is 2. The maximum atomic E-state index is 11.7. The van der Waals surface area contributed by atoms with Gasteiger partial charge in [0, 0.05) is 18.9 Å². The van der Waals surface area contributed by atoms with Crippen LogP contribution in [0, 0.1) is 23.7 Å². The predicted octanol–water partition coefficient (Wildman–Crippen LogP) is 1.02. The summed E-state index contributed by atoms with van der Waals surface area (Å²) in [6, 6.07) is 0. The van der Waals surface area contributed by atoms with Gasteiger partial charge in [-0.15, -0.1) is 0 Å². The van der Waals surface area contributed by atoms with Crippen LogP contribution in [-0.2, 0) is 9.53 Å². The van der Waals surface area contributed by atoms with E-state index in [0.717, 1.165) is 6.42 Å². The smallest absolute Gasteiger partial charge is 0.146 e. The van der Waals surface area contributed by atoms with E-state index in [-0.39, 0.29) is 17.9 Å². The molecule has 0 heterocycles. The monoisotopic (exact) mass is 164 g/mol. The lowest BCUT2D eigenvalue weighted by molar-refractivity contribution is -0.123. The number of methoxy groups -OCH3 is 1. The van der Waals surface area contributed by atoms with Gasteiger partial charge < -0.3 is 4.74 Å². The molecule has 2 fully saturated rings. The van der Waals surface area contributed by atoms with Gasteiger partial charge in [-0.3, -0.25) is 4.79 Å². The lowest BCUT2D eigenvalue weighted by Crippen LogP contribution is -2.19. The van der Waals surface area contributed by atoms with Gasteiger partial charge in [-0.1, -0.05) is 12.2 Å². The second kappa shape index (κ2) is 1.99. The zero-order chi connectivity index (χ0) is 8.29. The molecular weight excluding hydrogens is 152 g/mol. The summed E-state index contributed by atoms with van der Waals surface area (Å²) in [6.07, 6.45) is 5.59. The van der Waals surface area contributed by atoms with Crippen molar-refractivity contribution in [1.29, 1.82) is 0 Å². The third-order valence-corrected chi connectivity index (χ3v) is 3.64. The van der Waals surface area contributed by atoms with E-state index in [1.54, 1.807) is 7.11 Å². The SMILES string of the molecule is COC1[C@H]2[C@@H]3CC=C[C@@H]3C(=O)[C@@H]12. The van der Waals surface area contributed by atoms with Crippen LogP contribution >= 0.6 is 0 Å². The standard InChI is InChI=1S/C10H12O2/c1-12-10-7-5-3-2-4-6(5)9(11)8(7)10/h2,4-8,10H,3H2,1H3/t5-,6+,7+,8+,10?/m1/s1. The highest BCUT2D eigenvalue weighted by Gasteiger charge is 2.67. The second-order valence-electron chi connectivity index (χ2n) is 4.06. The first-order valence-electron chi connectivity index (χ1n) is 4.58. The summed E-state index contributed by atoms with van der Waals surface area (Å²) < 4.78 is 5.26. The van der Waals surface area contributed by atoms with Crippen molar-refractivity contribution in [2.45, 2.75) is 12.5 Å². The fourth-order valence-corrected chi connectivity index (χ4v) is 3.07. The first kappa shape index (κ1) is 6.84. The van der Waals surface area contributed by atoms with E-state index < -0.39 is 0 Å². The molecule has 0 N–H and O–H groups in total. The Hall–Kier alpha value is -0.630. The van der Waals surface area contributed by atoms with E-state index in [1.165, 1.54) is 0 Å². The van der Waals surface area contributed by atoms with Gasteiger partial charge in [0.1, 0.15) is 5.78 Å². The summed E-state index contributed by atoms with van der Waals surface area (Å²) in [5.74, 6) is 2.10. The van der Waals surface area contributed by atoms with Crippen LogP contribution in [-0.4, -0.2) is 19.0 Å². The molecule has 0 bridgehead atoms. The number of hydrogen-bond acceptors (Lipinski definition) is 2. The maximum Gasteiger partial charge on any atom is 0.146 e. The first-order valence-corrected chi connectivity index (χ1v) is 4.58. The molecule has 2 nitrogen and oxygen atoms in total. The van der Waals surface area contributed by atoms with Crippen molar-refractivity contribution in [3.63, 3.8) is 0 Å². The number of carbonyl (C=O) groups excluding carboxylic acids is 1. The Kier molecular flexibility index (Phi) is 1.14. The molecule has 1 unspecified atom stereocenters. The molecular formula is C10H12O2. The summed E-state index contributed by atoms with van der Waals surface area (Å²) in [4.78, 5) is 11.7. The minimum absolute atomic E-state index is 0.256. The van der Waals surface area contributed by atoms with Gasteiger partial charge in [0.05, 0.1) is 12.0 Å². The lowest BCUT2D eigenvalue weighted by atomic mass is 9.93. The number of ketones is 1. The molecule has 64 valence electrons. The van der Waals surface area contributed by atoms with Crippen molar-refractivity contribution in [3.8, 4) is 0 Å². The van der Waals surface area contributed by atoms with Crippen LogP contribution < -0.4 is 0 Å².